The molecule has 1 atom stereocenters. The maximum absolute atomic E-state index is 11.9. The van der Waals surface area contributed by atoms with Crippen LogP contribution in [0.4, 0.5) is 0 Å². The number of guanidine groups is 1. The summed E-state index contributed by atoms with van der Waals surface area (Å²) in [5.74, 6) is -0.227. The molecule has 1 unspecified atom stereocenters. The number of nitrogens with two attached hydrogens (primary N) is 1. The Morgan fingerprint density at radius 3 is 2.35 bits per heavy atom. The van der Waals surface area contributed by atoms with Gasteiger partial charge in [0.2, 0.25) is 5.91 Å². The fraction of sp³-hybridized carbons (Fsp3) is 0.385. The predicted octanol–water partition coefficient (Wildman–Crippen LogP) is 1.47. The predicted molar refractivity (Wildman–Crippen MR) is 70.0 cm³/mol. The van der Waals surface area contributed by atoms with E-state index in [0.717, 1.165) is 16.7 Å². The minimum atomic E-state index is -0.239. The number of hydrogen-bond donors (Lipinski definition) is 2. The molecule has 3 N–H and O–H groups in total. The third-order valence-corrected chi connectivity index (χ3v) is 2.86. The SMILES string of the molecule is CN=C(N)NC(=O)C(C)c1c(C)cccc1C. The maximum atomic E-state index is 11.9. The molecule has 0 aliphatic heterocycles. The van der Waals surface area contributed by atoms with Crippen molar-refractivity contribution in [2.45, 2.75) is 26.7 Å². The highest BCUT2D eigenvalue weighted by Gasteiger charge is 2.19. The number of amides is 1. The van der Waals surface area contributed by atoms with E-state index in [2.05, 4.69) is 10.3 Å². The first-order valence-corrected chi connectivity index (χ1v) is 5.56. The molecule has 0 aromatic heterocycles. The topological polar surface area (TPSA) is 67.5 Å². The molecule has 0 saturated carbocycles. The standard InChI is InChI=1S/C13H19N3O/c1-8-6-5-7-9(2)11(8)10(3)12(17)16-13(14)15-4/h5-7,10H,1-4H3,(H3,14,15,16,17). The monoisotopic (exact) mass is 233 g/mol. The van der Waals surface area contributed by atoms with Gasteiger partial charge in [0.15, 0.2) is 5.96 Å². The van der Waals surface area contributed by atoms with Crippen LogP contribution >= 0.6 is 0 Å². The van der Waals surface area contributed by atoms with Crippen molar-refractivity contribution in [1.29, 1.82) is 0 Å². The van der Waals surface area contributed by atoms with E-state index in [1.54, 1.807) is 7.05 Å². The molecule has 1 aromatic carbocycles. The molecule has 0 spiro atoms. The van der Waals surface area contributed by atoms with Gasteiger partial charge in [-0.25, -0.2) is 0 Å². The Balaban J connectivity index is 2.97. The second-order valence-corrected chi connectivity index (χ2v) is 4.13. The van der Waals surface area contributed by atoms with Crippen LogP contribution in [-0.2, 0) is 4.79 Å². The van der Waals surface area contributed by atoms with Crippen molar-refractivity contribution in [1.82, 2.24) is 5.32 Å². The van der Waals surface area contributed by atoms with E-state index >= 15 is 0 Å². The second kappa shape index (κ2) is 5.48. The Bertz CT molecular complexity index is 432. The lowest BCUT2D eigenvalue weighted by atomic mass is 9.91. The average Bonchev–Trinajstić information content (AvgIpc) is 2.28. The molecular formula is C13H19N3O. The van der Waals surface area contributed by atoms with Gasteiger partial charge in [0.05, 0.1) is 5.92 Å². The van der Waals surface area contributed by atoms with Crippen LogP contribution in [-0.4, -0.2) is 18.9 Å². The van der Waals surface area contributed by atoms with Gasteiger partial charge in [-0.15, -0.1) is 0 Å². The van der Waals surface area contributed by atoms with E-state index < -0.39 is 0 Å². The van der Waals surface area contributed by atoms with E-state index in [4.69, 9.17) is 5.73 Å². The van der Waals surface area contributed by atoms with E-state index in [1.165, 1.54) is 0 Å². The number of hydrogen-bond acceptors (Lipinski definition) is 2. The van der Waals surface area contributed by atoms with E-state index in [-0.39, 0.29) is 17.8 Å². The molecule has 1 aromatic rings. The summed E-state index contributed by atoms with van der Waals surface area (Å²) in [7, 11) is 1.54. The number of rotatable bonds is 2. The Morgan fingerprint density at radius 1 is 1.35 bits per heavy atom. The highest BCUT2D eigenvalue weighted by atomic mass is 16.2. The third kappa shape index (κ3) is 3.06. The summed E-state index contributed by atoms with van der Waals surface area (Å²) in [6.45, 7) is 5.88. The Labute approximate surface area is 102 Å². The smallest absolute Gasteiger partial charge is 0.233 e. The Hall–Kier alpha value is -1.84. The first-order valence-electron chi connectivity index (χ1n) is 5.56. The van der Waals surface area contributed by atoms with Crippen molar-refractivity contribution >= 4 is 11.9 Å². The first kappa shape index (κ1) is 13.2. The minimum absolute atomic E-state index is 0.134. The van der Waals surface area contributed by atoms with E-state index in [0.29, 0.717) is 0 Å². The van der Waals surface area contributed by atoms with Gasteiger partial charge in [0.25, 0.3) is 0 Å². The zero-order valence-corrected chi connectivity index (χ0v) is 10.7. The highest BCUT2D eigenvalue weighted by Crippen LogP contribution is 2.23. The molecule has 4 nitrogen and oxygen atoms in total. The molecule has 92 valence electrons. The van der Waals surface area contributed by atoms with Crippen LogP contribution in [0.25, 0.3) is 0 Å². The van der Waals surface area contributed by atoms with Crippen molar-refractivity contribution in [2.75, 3.05) is 7.05 Å². The molecule has 1 amide bonds. The lowest BCUT2D eigenvalue weighted by Crippen LogP contribution is -2.39. The zero-order chi connectivity index (χ0) is 13.0. The highest BCUT2D eigenvalue weighted by molar-refractivity contribution is 5.99. The minimum Gasteiger partial charge on any atom is -0.370 e. The molecule has 0 radical (unpaired) electrons. The summed E-state index contributed by atoms with van der Waals surface area (Å²) in [5.41, 5.74) is 8.76. The van der Waals surface area contributed by atoms with Crippen LogP contribution in [0.1, 0.15) is 29.5 Å². The summed E-state index contributed by atoms with van der Waals surface area (Å²) in [4.78, 5) is 15.7. The average molecular weight is 233 g/mol. The molecule has 1 rings (SSSR count). The summed E-state index contributed by atoms with van der Waals surface area (Å²) >= 11 is 0. The van der Waals surface area contributed by atoms with Gasteiger partial charge in [-0.1, -0.05) is 18.2 Å². The number of nitrogens with zero attached hydrogens (tertiary/aromatic N) is 1. The lowest BCUT2D eigenvalue weighted by molar-refractivity contribution is -0.120. The van der Waals surface area contributed by atoms with Gasteiger partial charge in [-0.3, -0.25) is 15.1 Å². The number of nitrogens with one attached hydrogen (secondary N) is 1. The normalized spacial score (nSPS) is 13.3. The first-order chi connectivity index (χ1) is 7.97. The number of carbonyl (C=O) groups excluding carboxylic acids is 1. The van der Waals surface area contributed by atoms with Gasteiger partial charge in [-0.2, -0.15) is 0 Å². The molecule has 0 bridgehead atoms. The van der Waals surface area contributed by atoms with Crippen LogP contribution in [0.15, 0.2) is 23.2 Å². The van der Waals surface area contributed by atoms with Crippen LogP contribution in [0.2, 0.25) is 0 Å². The summed E-state index contributed by atoms with van der Waals surface area (Å²) < 4.78 is 0. The second-order valence-electron chi connectivity index (χ2n) is 4.13. The lowest BCUT2D eigenvalue weighted by Gasteiger charge is -2.16. The van der Waals surface area contributed by atoms with Crippen molar-refractivity contribution in [3.05, 3.63) is 34.9 Å². The van der Waals surface area contributed by atoms with Gasteiger partial charge < -0.3 is 5.73 Å². The van der Waals surface area contributed by atoms with Crippen molar-refractivity contribution in [2.24, 2.45) is 10.7 Å². The molecule has 0 heterocycles. The quantitative estimate of drug-likeness (QED) is 0.600. The molecule has 0 aliphatic rings. The Morgan fingerprint density at radius 2 is 1.88 bits per heavy atom. The molecule has 0 aliphatic carbocycles. The summed E-state index contributed by atoms with van der Waals surface area (Å²) in [6.07, 6.45) is 0. The largest absolute Gasteiger partial charge is 0.370 e. The number of carbonyl (C=O) groups is 1. The molecular weight excluding hydrogens is 214 g/mol. The van der Waals surface area contributed by atoms with Crippen LogP contribution < -0.4 is 11.1 Å². The van der Waals surface area contributed by atoms with Crippen molar-refractivity contribution in [3.8, 4) is 0 Å². The van der Waals surface area contributed by atoms with Crippen LogP contribution in [0, 0.1) is 13.8 Å². The number of aliphatic imine (C=N–C) groups is 1. The Kier molecular flexibility index (Phi) is 4.26. The number of benzene rings is 1. The molecule has 0 saturated heterocycles. The number of aryl methyl sites for hydroxylation is 2. The van der Waals surface area contributed by atoms with Gasteiger partial charge in [0.1, 0.15) is 0 Å². The van der Waals surface area contributed by atoms with Crippen LogP contribution in [0.3, 0.4) is 0 Å². The maximum Gasteiger partial charge on any atom is 0.233 e. The van der Waals surface area contributed by atoms with Gasteiger partial charge in [-0.05, 0) is 37.5 Å². The summed E-state index contributed by atoms with van der Waals surface area (Å²) in [5, 5.41) is 2.57. The zero-order valence-electron chi connectivity index (χ0n) is 10.7. The van der Waals surface area contributed by atoms with E-state index in [1.807, 2.05) is 39.0 Å². The van der Waals surface area contributed by atoms with Gasteiger partial charge in [0, 0.05) is 7.05 Å². The van der Waals surface area contributed by atoms with Crippen LogP contribution in [0.5, 0.6) is 0 Å². The van der Waals surface area contributed by atoms with Gasteiger partial charge >= 0.3 is 0 Å². The fourth-order valence-corrected chi connectivity index (χ4v) is 1.93. The van der Waals surface area contributed by atoms with Crippen molar-refractivity contribution in [3.63, 3.8) is 0 Å². The summed E-state index contributed by atoms with van der Waals surface area (Å²) in [6, 6.07) is 5.99. The van der Waals surface area contributed by atoms with Crippen molar-refractivity contribution < 1.29 is 4.79 Å². The fourth-order valence-electron chi connectivity index (χ4n) is 1.93. The molecule has 4 heteroatoms. The third-order valence-electron chi connectivity index (χ3n) is 2.86. The van der Waals surface area contributed by atoms with E-state index in [9.17, 15) is 4.79 Å². The molecule has 17 heavy (non-hydrogen) atoms. The molecule has 0 fully saturated rings.